The Morgan fingerprint density at radius 3 is 2.06 bits per heavy atom. The molecule has 0 radical (unpaired) electrons. The van der Waals surface area contributed by atoms with Crippen LogP contribution in [0.2, 0.25) is 0 Å². The number of esters is 4. The van der Waals surface area contributed by atoms with Crippen LogP contribution in [-0.4, -0.2) is 61.8 Å². The number of carbonyl (C=O) groups excluding carboxylic acids is 4. The van der Waals surface area contributed by atoms with Gasteiger partial charge in [0.25, 0.3) is 5.69 Å². The summed E-state index contributed by atoms with van der Waals surface area (Å²) in [6.07, 6.45) is 0. The van der Waals surface area contributed by atoms with Gasteiger partial charge in [-0.05, 0) is 19.4 Å². The van der Waals surface area contributed by atoms with Crippen LogP contribution in [0.3, 0.4) is 0 Å². The predicted octanol–water partition coefficient (Wildman–Crippen LogP) is 0.682. The molecule has 32 heavy (non-hydrogen) atoms. The third-order valence-corrected chi connectivity index (χ3v) is 5.13. The number of nitro groups is 1. The summed E-state index contributed by atoms with van der Waals surface area (Å²) in [5, 5.41) is 14.0. The van der Waals surface area contributed by atoms with Gasteiger partial charge in [0.2, 0.25) is 5.54 Å². The van der Waals surface area contributed by atoms with Gasteiger partial charge in [0.1, 0.15) is 5.92 Å². The van der Waals surface area contributed by atoms with Crippen molar-refractivity contribution in [1.29, 1.82) is 0 Å². The number of nitro benzene ring substituents is 1. The van der Waals surface area contributed by atoms with Gasteiger partial charge in [-0.3, -0.25) is 25.0 Å². The zero-order valence-corrected chi connectivity index (χ0v) is 18.0. The first-order valence-electron chi connectivity index (χ1n) is 9.71. The predicted molar refractivity (Wildman–Crippen MR) is 106 cm³/mol. The maximum absolute atomic E-state index is 13.1. The average molecular weight is 452 g/mol. The number of rotatable bonds is 8. The molecule has 1 heterocycles. The zero-order valence-electron chi connectivity index (χ0n) is 18.0. The maximum Gasteiger partial charge on any atom is 0.339 e. The Kier molecular flexibility index (Phi) is 7.87. The fourth-order valence-corrected chi connectivity index (χ4v) is 3.81. The van der Waals surface area contributed by atoms with E-state index in [9.17, 15) is 29.3 Å². The van der Waals surface area contributed by atoms with E-state index in [2.05, 4.69) is 5.32 Å². The molecule has 3 atom stereocenters. The standard InChI is InChI=1S/C20H24N2O10/c1-5-31-18(25)20(19(26)32-6-2)14(17(24)30-4)13(16(23)29-3)15(21-20)11-8-7-9-12(10-11)22(27)28/h7-10,13-15,21H,5-6H2,1-4H3/t13-,14-,15-/m1/s1. The lowest BCUT2D eigenvalue weighted by molar-refractivity contribution is -0.384. The molecule has 1 fully saturated rings. The van der Waals surface area contributed by atoms with Crippen LogP contribution in [0.25, 0.3) is 0 Å². The summed E-state index contributed by atoms with van der Waals surface area (Å²) in [7, 11) is 2.09. The minimum absolute atomic E-state index is 0.139. The molecule has 1 aliphatic rings. The molecule has 1 aromatic carbocycles. The van der Waals surface area contributed by atoms with Gasteiger partial charge in [0, 0.05) is 18.2 Å². The van der Waals surface area contributed by atoms with Gasteiger partial charge < -0.3 is 18.9 Å². The van der Waals surface area contributed by atoms with E-state index in [-0.39, 0.29) is 24.5 Å². The van der Waals surface area contributed by atoms with Crippen molar-refractivity contribution in [3.05, 3.63) is 39.9 Å². The summed E-state index contributed by atoms with van der Waals surface area (Å²) in [5.74, 6) is -7.53. The molecule has 0 aliphatic carbocycles. The van der Waals surface area contributed by atoms with Crippen molar-refractivity contribution >= 4 is 29.6 Å². The third-order valence-electron chi connectivity index (χ3n) is 5.13. The van der Waals surface area contributed by atoms with Crippen molar-refractivity contribution in [3.63, 3.8) is 0 Å². The second-order valence-corrected chi connectivity index (χ2v) is 6.77. The number of nitrogens with one attached hydrogen (secondary N) is 1. The highest BCUT2D eigenvalue weighted by atomic mass is 16.6. The van der Waals surface area contributed by atoms with Crippen LogP contribution in [-0.2, 0) is 38.1 Å². The lowest BCUT2D eigenvalue weighted by atomic mass is 9.77. The molecule has 1 saturated heterocycles. The SMILES string of the molecule is CCOC(=O)C1(C(=O)OCC)N[C@H](c2cccc([N+](=O)[O-])c2)[C@H](C(=O)OC)[C@@H]1C(=O)OC. The molecule has 0 bridgehead atoms. The molecule has 0 amide bonds. The average Bonchev–Trinajstić information content (AvgIpc) is 3.16. The van der Waals surface area contributed by atoms with E-state index in [1.54, 1.807) is 0 Å². The minimum atomic E-state index is -2.45. The molecule has 12 heteroatoms. The highest BCUT2D eigenvalue weighted by Crippen LogP contribution is 2.46. The second-order valence-electron chi connectivity index (χ2n) is 6.77. The number of nitrogens with zero attached hydrogens (tertiary/aromatic N) is 1. The number of non-ortho nitro benzene ring substituents is 1. The van der Waals surface area contributed by atoms with Gasteiger partial charge in [0.15, 0.2) is 0 Å². The molecule has 1 aromatic rings. The summed E-state index contributed by atoms with van der Waals surface area (Å²) in [6.45, 7) is 2.71. The first-order valence-corrected chi connectivity index (χ1v) is 9.71. The van der Waals surface area contributed by atoms with Crippen molar-refractivity contribution in [1.82, 2.24) is 5.32 Å². The van der Waals surface area contributed by atoms with E-state index in [1.165, 1.54) is 32.0 Å². The summed E-state index contributed by atoms with van der Waals surface area (Å²) >= 11 is 0. The fraction of sp³-hybridized carbons (Fsp3) is 0.500. The van der Waals surface area contributed by atoms with Crippen molar-refractivity contribution < 1.29 is 43.0 Å². The summed E-state index contributed by atoms with van der Waals surface area (Å²) in [5.41, 5.74) is -2.58. The monoisotopic (exact) mass is 452 g/mol. The molecule has 2 rings (SSSR count). The molecule has 12 nitrogen and oxygen atoms in total. The lowest BCUT2D eigenvalue weighted by Crippen LogP contribution is -2.62. The number of carbonyl (C=O) groups is 4. The summed E-state index contributed by atoms with van der Waals surface area (Å²) in [4.78, 5) is 62.4. The minimum Gasteiger partial charge on any atom is -0.469 e. The van der Waals surface area contributed by atoms with Crippen LogP contribution in [0.4, 0.5) is 5.69 Å². The van der Waals surface area contributed by atoms with Crippen LogP contribution in [0.15, 0.2) is 24.3 Å². The quantitative estimate of drug-likeness (QED) is 0.194. The van der Waals surface area contributed by atoms with Crippen molar-refractivity contribution in [2.45, 2.75) is 25.4 Å². The van der Waals surface area contributed by atoms with E-state index in [0.29, 0.717) is 0 Å². The first-order chi connectivity index (χ1) is 15.2. The van der Waals surface area contributed by atoms with Crippen LogP contribution >= 0.6 is 0 Å². The molecule has 0 spiro atoms. The van der Waals surface area contributed by atoms with Gasteiger partial charge in [0.05, 0.1) is 38.3 Å². The Morgan fingerprint density at radius 1 is 1.03 bits per heavy atom. The Labute approximate surface area is 183 Å². The molecule has 1 N–H and O–H groups in total. The molecular weight excluding hydrogens is 428 g/mol. The van der Waals surface area contributed by atoms with Gasteiger partial charge in [-0.2, -0.15) is 0 Å². The number of hydrogen-bond donors (Lipinski definition) is 1. The van der Waals surface area contributed by atoms with Crippen LogP contribution < -0.4 is 5.32 Å². The Hall–Kier alpha value is -3.54. The smallest absolute Gasteiger partial charge is 0.339 e. The van der Waals surface area contributed by atoms with Gasteiger partial charge in [-0.15, -0.1) is 0 Å². The largest absolute Gasteiger partial charge is 0.469 e. The molecule has 0 aromatic heterocycles. The van der Waals surface area contributed by atoms with Crippen LogP contribution in [0.5, 0.6) is 0 Å². The number of benzene rings is 1. The third kappa shape index (κ3) is 4.26. The Morgan fingerprint density at radius 2 is 1.59 bits per heavy atom. The van der Waals surface area contributed by atoms with Crippen LogP contribution in [0.1, 0.15) is 25.5 Å². The number of ether oxygens (including phenoxy) is 4. The molecule has 174 valence electrons. The Bertz CT molecular complexity index is 897. The molecule has 0 unspecified atom stereocenters. The zero-order chi connectivity index (χ0) is 24.1. The van der Waals surface area contributed by atoms with E-state index in [0.717, 1.165) is 20.3 Å². The second kappa shape index (κ2) is 10.2. The molecular formula is C20H24N2O10. The van der Waals surface area contributed by atoms with Gasteiger partial charge >= 0.3 is 23.9 Å². The normalized spacial score (nSPS) is 21.3. The lowest BCUT2D eigenvalue weighted by Gasteiger charge is -2.30. The van der Waals surface area contributed by atoms with E-state index in [1.807, 2.05) is 0 Å². The van der Waals surface area contributed by atoms with E-state index >= 15 is 0 Å². The van der Waals surface area contributed by atoms with Crippen molar-refractivity contribution in [2.24, 2.45) is 11.8 Å². The van der Waals surface area contributed by atoms with E-state index in [4.69, 9.17) is 18.9 Å². The maximum atomic E-state index is 13.1. The topological polar surface area (TPSA) is 160 Å². The summed E-state index contributed by atoms with van der Waals surface area (Å²) in [6, 6.07) is 3.98. The van der Waals surface area contributed by atoms with Crippen molar-refractivity contribution in [2.75, 3.05) is 27.4 Å². The highest BCUT2D eigenvalue weighted by Gasteiger charge is 2.70. The van der Waals surface area contributed by atoms with E-state index < -0.39 is 52.2 Å². The van der Waals surface area contributed by atoms with Crippen LogP contribution in [0, 0.1) is 22.0 Å². The highest BCUT2D eigenvalue weighted by molar-refractivity contribution is 6.11. The number of hydrogen-bond acceptors (Lipinski definition) is 11. The first kappa shape index (κ1) is 24.7. The van der Waals surface area contributed by atoms with Gasteiger partial charge in [-0.25, -0.2) is 9.59 Å². The van der Waals surface area contributed by atoms with Gasteiger partial charge in [-0.1, -0.05) is 12.1 Å². The fourth-order valence-electron chi connectivity index (χ4n) is 3.81. The number of methoxy groups -OCH3 is 2. The molecule has 1 aliphatic heterocycles. The Balaban J connectivity index is 2.80. The van der Waals surface area contributed by atoms with Crippen molar-refractivity contribution in [3.8, 4) is 0 Å². The molecule has 0 saturated carbocycles. The summed E-state index contributed by atoms with van der Waals surface area (Å²) < 4.78 is 19.8.